The maximum atomic E-state index is 5.87. The molecule has 2 rings (SSSR count). The zero-order valence-electron chi connectivity index (χ0n) is 12.4. The number of likely N-dealkylation sites (tertiary alicyclic amines) is 1. The lowest BCUT2D eigenvalue weighted by Gasteiger charge is -2.21. The molecule has 1 aromatic carbocycles. The zero-order chi connectivity index (χ0) is 13.8. The summed E-state index contributed by atoms with van der Waals surface area (Å²) >= 11 is 0. The standard InChI is InChI=1S/C16H26N2O/c1-12-6-13(2)8-16(7-12)19-5-4-18-11-15(10-17)9-14(18)3/h6-8,14-15H,4-5,9-11,17H2,1-3H3. The van der Waals surface area contributed by atoms with Crippen LogP contribution in [0.3, 0.4) is 0 Å². The van der Waals surface area contributed by atoms with Crippen molar-refractivity contribution in [2.45, 2.75) is 33.2 Å². The molecule has 19 heavy (non-hydrogen) atoms. The third-order valence-corrected chi connectivity index (χ3v) is 3.97. The van der Waals surface area contributed by atoms with Crippen LogP contribution >= 0.6 is 0 Å². The average molecular weight is 262 g/mol. The molecule has 1 fully saturated rings. The van der Waals surface area contributed by atoms with E-state index in [1.54, 1.807) is 0 Å². The molecule has 106 valence electrons. The summed E-state index contributed by atoms with van der Waals surface area (Å²) in [6, 6.07) is 7.00. The van der Waals surface area contributed by atoms with Gasteiger partial charge in [-0.25, -0.2) is 0 Å². The summed E-state index contributed by atoms with van der Waals surface area (Å²) in [5.41, 5.74) is 8.27. The lowest BCUT2D eigenvalue weighted by Crippen LogP contribution is -2.32. The number of aryl methyl sites for hydroxylation is 2. The third kappa shape index (κ3) is 3.95. The van der Waals surface area contributed by atoms with Gasteiger partial charge < -0.3 is 10.5 Å². The summed E-state index contributed by atoms with van der Waals surface area (Å²) < 4.78 is 5.87. The Morgan fingerprint density at radius 1 is 1.26 bits per heavy atom. The van der Waals surface area contributed by atoms with Crippen LogP contribution < -0.4 is 10.5 Å². The van der Waals surface area contributed by atoms with Gasteiger partial charge in [0.25, 0.3) is 0 Å². The Hall–Kier alpha value is -1.06. The van der Waals surface area contributed by atoms with E-state index in [-0.39, 0.29) is 0 Å². The normalized spacial score (nSPS) is 23.8. The van der Waals surface area contributed by atoms with Crippen LogP contribution in [0.5, 0.6) is 5.75 Å². The first-order valence-corrected chi connectivity index (χ1v) is 7.23. The highest BCUT2D eigenvalue weighted by Gasteiger charge is 2.27. The first-order chi connectivity index (χ1) is 9.08. The highest BCUT2D eigenvalue weighted by atomic mass is 16.5. The quantitative estimate of drug-likeness (QED) is 0.885. The zero-order valence-corrected chi connectivity index (χ0v) is 12.4. The molecule has 0 saturated carbocycles. The number of hydrogen-bond donors (Lipinski definition) is 1. The van der Waals surface area contributed by atoms with E-state index in [2.05, 4.69) is 43.9 Å². The van der Waals surface area contributed by atoms with Gasteiger partial charge in [0.1, 0.15) is 12.4 Å². The fraction of sp³-hybridized carbons (Fsp3) is 0.625. The molecule has 2 unspecified atom stereocenters. The van der Waals surface area contributed by atoms with Crippen molar-refractivity contribution in [3.63, 3.8) is 0 Å². The fourth-order valence-corrected chi connectivity index (χ4v) is 3.00. The van der Waals surface area contributed by atoms with Gasteiger partial charge in [-0.05, 0) is 62.9 Å². The number of nitrogens with two attached hydrogens (primary N) is 1. The van der Waals surface area contributed by atoms with Crippen molar-refractivity contribution in [3.05, 3.63) is 29.3 Å². The van der Waals surface area contributed by atoms with Crippen LogP contribution in [0.1, 0.15) is 24.5 Å². The lowest BCUT2D eigenvalue weighted by atomic mass is 10.1. The maximum absolute atomic E-state index is 5.87. The van der Waals surface area contributed by atoms with E-state index in [4.69, 9.17) is 10.5 Å². The monoisotopic (exact) mass is 262 g/mol. The van der Waals surface area contributed by atoms with Crippen molar-refractivity contribution in [2.24, 2.45) is 11.7 Å². The van der Waals surface area contributed by atoms with Crippen LogP contribution in [-0.4, -0.2) is 37.2 Å². The third-order valence-electron chi connectivity index (χ3n) is 3.97. The van der Waals surface area contributed by atoms with Crippen LogP contribution in [-0.2, 0) is 0 Å². The minimum atomic E-state index is 0.636. The number of nitrogens with zero attached hydrogens (tertiary/aromatic N) is 1. The van der Waals surface area contributed by atoms with Gasteiger partial charge in [-0.15, -0.1) is 0 Å². The van der Waals surface area contributed by atoms with Gasteiger partial charge in [-0.1, -0.05) is 6.07 Å². The fourth-order valence-electron chi connectivity index (χ4n) is 3.00. The Balaban J connectivity index is 1.80. The molecule has 0 amide bonds. The van der Waals surface area contributed by atoms with E-state index in [0.717, 1.165) is 32.0 Å². The lowest BCUT2D eigenvalue weighted by molar-refractivity contribution is 0.202. The molecule has 0 radical (unpaired) electrons. The molecule has 1 heterocycles. The summed E-state index contributed by atoms with van der Waals surface area (Å²) in [6.45, 7) is 10.2. The van der Waals surface area contributed by atoms with Gasteiger partial charge in [0.15, 0.2) is 0 Å². The van der Waals surface area contributed by atoms with Crippen molar-refractivity contribution in [2.75, 3.05) is 26.2 Å². The van der Waals surface area contributed by atoms with E-state index >= 15 is 0 Å². The summed E-state index contributed by atoms with van der Waals surface area (Å²) in [6.07, 6.45) is 1.22. The number of benzene rings is 1. The molecule has 1 aliphatic heterocycles. The maximum Gasteiger partial charge on any atom is 0.119 e. The molecular formula is C16H26N2O. The largest absolute Gasteiger partial charge is 0.492 e. The van der Waals surface area contributed by atoms with E-state index in [0.29, 0.717) is 12.0 Å². The van der Waals surface area contributed by atoms with Gasteiger partial charge in [0.2, 0.25) is 0 Å². The number of hydrogen-bond acceptors (Lipinski definition) is 3. The summed E-state index contributed by atoms with van der Waals surface area (Å²) in [5.74, 6) is 1.65. The smallest absolute Gasteiger partial charge is 0.119 e. The van der Waals surface area contributed by atoms with Crippen molar-refractivity contribution < 1.29 is 4.74 Å². The molecule has 2 N–H and O–H groups in total. The van der Waals surface area contributed by atoms with E-state index in [9.17, 15) is 0 Å². The van der Waals surface area contributed by atoms with Crippen molar-refractivity contribution >= 4 is 0 Å². The second-order valence-corrected chi connectivity index (χ2v) is 5.85. The summed E-state index contributed by atoms with van der Waals surface area (Å²) in [5, 5.41) is 0. The molecule has 1 aromatic rings. The van der Waals surface area contributed by atoms with Gasteiger partial charge in [-0.2, -0.15) is 0 Å². The topological polar surface area (TPSA) is 38.5 Å². The highest BCUT2D eigenvalue weighted by Crippen LogP contribution is 2.22. The Bertz CT molecular complexity index is 399. The predicted octanol–water partition coefficient (Wildman–Crippen LogP) is 2.35. The Labute approximate surface area is 116 Å². The van der Waals surface area contributed by atoms with Gasteiger partial charge in [-0.3, -0.25) is 4.90 Å². The molecule has 1 saturated heterocycles. The second kappa shape index (κ2) is 6.40. The van der Waals surface area contributed by atoms with Crippen LogP contribution in [0, 0.1) is 19.8 Å². The van der Waals surface area contributed by atoms with Crippen molar-refractivity contribution in [3.8, 4) is 5.75 Å². The van der Waals surface area contributed by atoms with E-state index in [1.165, 1.54) is 17.5 Å². The first kappa shape index (κ1) is 14.4. The van der Waals surface area contributed by atoms with Gasteiger partial charge in [0, 0.05) is 19.1 Å². The van der Waals surface area contributed by atoms with E-state index < -0.39 is 0 Å². The Morgan fingerprint density at radius 3 is 2.53 bits per heavy atom. The van der Waals surface area contributed by atoms with Gasteiger partial charge in [0.05, 0.1) is 0 Å². The van der Waals surface area contributed by atoms with Crippen LogP contribution in [0.25, 0.3) is 0 Å². The van der Waals surface area contributed by atoms with Crippen LogP contribution in [0.4, 0.5) is 0 Å². The number of ether oxygens (including phenoxy) is 1. The molecule has 0 spiro atoms. The van der Waals surface area contributed by atoms with Crippen molar-refractivity contribution in [1.82, 2.24) is 4.90 Å². The molecule has 0 aromatic heterocycles. The summed E-state index contributed by atoms with van der Waals surface area (Å²) in [4.78, 5) is 2.49. The van der Waals surface area contributed by atoms with Crippen LogP contribution in [0.2, 0.25) is 0 Å². The first-order valence-electron chi connectivity index (χ1n) is 7.23. The average Bonchev–Trinajstić information content (AvgIpc) is 2.69. The molecule has 2 atom stereocenters. The molecule has 0 aliphatic carbocycles. The predicted molar refractivity (Wildman–Crippen MR) is 79.6 cm³/mol. The molecule has 3 heteroatoms. The van der Waals surface area contributed by atoms with Crippen LogP contribution in [0.15, 0.2) is 18.2 Å². The van der Waals surface area contributed by atoms with E-state index in [1.807, 2.05) is 0 Å². The minimum Gasteiger partial charge on any atom is -0.492 e. The Kier molecular flexibility index (Phi) is 4.83. The van der Waals surface area contributed by atoms with Gasteiger partial charge >= 0.3 is 0 Å². The molecule has 0 bridgehead atoms. The Morgan fingerprint density at radius 2 is 1.95 bits per heavy atom. The van der Waals surface area contributed by atoms with Crippen molar-refractivity contribution in [1.29, 1.82) is 0 Å². The molecular weight excluding hydrogens is 236 g/mol. The molecule has 3 nitrogen and oxygen atoms in total. The highest BCUT2D eigenvalue weighted by molar-refractivity contribution is 5.32. The second-order valence-electron chi connectivity index (χ2n) is 5.85. The SMILES string of the molecule is Cc1cc(C)cc(OCCN2CC(CN)CC2C)c1. The minimum absolute atomic E-state index is 0.636. The number of rotatable bonds is 5. The molecule has 1 aliphatic rings. The summed E-state index contributed by atoms with van der Waals surface area (Å²) in [7, 11) is 0.